The minimum atomic E-state index is -0.290. The molecule has 1 aromatic rings. The van der Waals surface area contributed by atoms with Crippen LogP contribution in [0.15, 0.2) is 36.4 Å². The number of anilines is 1. The molecule has 31 heavy (non-hydrogen) atoms. The van der Waals surface area contributed by atoms with E-state index in [0.717, 1.165) is 24.5 Å². The van der Waals surface area contributed by atoms with Gasteiger partial charge in [-0.25, -0.2) is 0 Å². The molecule has 2 unspecified atom stereocenters. The Bertz CT molecular complexity index is 789. The highest BCUT2D eigenvalue weighted by Crippen LogP contribution is 2.30. The summed E-state index contributed by atoms with van der Waals surface area (Å²) >= 11 is 0. The Hall–Kier alpha value is -2.50. The number of benzene rings is 1. The van der Waals surface area contributed by atoms with Gasteiger partial charge in [0, 0.05) is 37.9 Å². The summed E-state index contributed by atoms with van der Waals surface area (Å²) in [4.78, 5) is 30.6. The number of amides is 2. The molecule has 0 aromatic heterocycles. The molecule has 0 bridgehead atoms. The number of carbonyl (C=O) groups is 2. The Morgan fingerprint density at radius 3 is 2.13 bits per heavy atom. The zero-order valence-electron chi connectivity index (χ0n) is 19.6. The van der Waals surface area contributed by atoms with E-state index in [1.807, 2.05) is 36.1 Å². The molecule has 0 saturated carbocycles. The summed E-state index contributed by atoms with van der Waals surface area (Å²) in [6.07, 6.45) is 5.36. The van der Waals surface area contributed by atoms with Crippen molar-refractivity contribution < 1.29 is 14.3 Å². The molecule has 3 atom stereocenters. The standard InChI is InChI=1S/C25H37N3O3/c1-18(25(2,3)4)26-23(29)21-8-6-7-9-22(21)24(30)28-16-14-27(15-17-28)19-10-12-20(31-5)13-11-19/h6-7,10-13,18,21-22H,8-9,14-17H2,1-5H3,(H,26,29)/t18-,21?,22?/m1/s1. The lowest BCUT2D eigenvalue weighted by atomic mass is 9.80. The average Bonchev–Trinajstić information content (AvgIpc) is 2.78. The number of nitrogens with one attached hydrogen (secondary N) is 1. The molecule has 1 aromatic carbocycles. The number of hydrogen-bond acceptors (Lipinski definition) is 4. The molecule has 0 spiro atoms. The van der Waals surface area contributed by atoms with Gasteiger partial charge in [-0.15, -0.1) is 0 Å². The number of hydrogen-bond donors (Lipinski definition) is 1. The fourth-order valence-electron chi connectivity index (χ4n) is 4.13. The number of ether oxygens (including phenoxy) is 1. The van der Waals surface area contributed by atoms with Crippen LogP contribution in [0, 0.1) is 17.3 Å². The SMILES string of the molecule is COc1ccc(N2CCN(C(=O)C3CC=CCC3C(=O)N[C@H](C)C(C)(C)C)CC2)cc1. The van der Waals surface area contributed by atoms with Crippen molar-refractivity contribution in [3.63, 3.8) is 0 Å². The topological polar surface area (TPSA) is 61.9 Å². The van der Waals surface area contributed by atoms with Crippen molar-refractivity contribution >= 4 is 17.5 Å². The van der Waals surface area contributed by atoms with Gasteiger partial charge in [0.2, 0.25) is 11.8 Å². The number of nitrogens with zero attached hydrogens (tertiary/aromatic N) is 2. The van der Waals surface area contributed by atoms with E-state index in [1.165, 1.54) is 0 Å². The molecule has 1 heterocycles. The first kappa shape index (κ1) is 23.2. The molecule has 6 heteroatoms. The molecule has 1 aliphatic heterocycles. The molecule has 1 saturated heterocycles. The van der Waals surface area contributed by atoms with E-state index < -0.39 is 0 Å². The zero-order chi connectivity index (χ0) is 22.6. The Labute approximate surface area is 186 Å². The van der Waals surface area contributed by atoms with Crippen LogP contribution in [0.5, 0.6) is 5.75 Å². The van der Waals surface area contributed by atoms with Gasteiger partial charge in [-0.1, -0.05) is 32.9 Å². The van der Waals surface area contributed by atoms with Crippen molar-refractivity contribution in [2.24, 2.45) is 17.3 Å². The van der Waals surface area contributed by atoms with Gasteiger partial charge in [-0.2, -0.15) is 0 Å². The summed E-state index contributed by atoms with van der Waals surface area (Å²) in [7, 11) is 1.66. The van der Waals surface area contributed by atoms with E-state index >= 15 is 0 Å². The van der Waals surface area contributed by atoms with E-state index in [9.17, 15) is 9.59 Å². The monoisotopic (exact) mass is 427 g/mol. The lowest BCUT2D eigenvalue weighted by Crippen LogP contribution is -2.53. The van der Waals surface area contributed by atoms with Gasteiger partial charge in [-0.05, 0) is 49.4 Å². The second-order valence-corrected chi connectivity index (χ2v) is 9.76. The van der Waals surface area contributed by atoms with E-state index in [2.05, 4.69) is 43.1 Å². The minimum Gasteiger partial charge on any atom is -0.497 e. The van der Waals surface area contributed by atoms with Crippen molar-refractivity contribution in [3.05, 3.63) is 36.4 Å². The molecule has 6 nitrogen and oxygen atoms in total. The fourth-order valence-corrected chi connectivity index (χ4v) is 4.13. The van der Waals surface area contributed by atoms with Crippen LogP contribution in [0.3, 0.4) is 0 Å². The van der Waals surface area contributed by atoms with Crippen LogP contribution in [-0.4, -0.2) is 56.0 Å². The predicted molar refractivity (Wildman–Crippen MR) is 124 cm³/mol. The van der Waals surface area contributed by atoms with Crippen LogP contribution in [0.4, 0.5) is 5.69 Å². The third-order valence-electron chi connectivity index (χ3n) is 6.77. The van der Waals surface area contributed by atoms with E-state index in [1.54, 1.807) is 7.11 Å². The van der Waals surface area contributed by atoms with Gasteiger partial charge in [0.15, 0.2) is 0 Å². The molecule has 170 valence electrons. The Morgan fingerprint density at radius 2 is 1.58 bits per heavy atom. The van der Waals surface area contributed by atoms with Crippen LogP contribution in [0.1, 0.15) is 40.5 Å². The Kier molecular flexibility index (Phi) is 7.29. The Morgan fingerprint density at radius 1 is 1.00 bits per heavy atom. The molecule has 0 radical (unpaired) electrons. The van der Waals surface area contributed by atoms with E-state index in [0.29, 0.717) is 25.9 Å². The van der Waals surface area contributed by atoms with Crippen LogP contribution in [0.2, 0.25) is 0 Å². The van der Waals surface area contributed by atoms with Gasteiger partial charge < -0.3 is 19.9 Å². The lowest BCUT2D eigenvalue weighted by molar-refractivity contribution is -0.142. The summed E-state index contributed by atoms with van der Waals surface area (Å²) in [5, 5.41) is 3.15. The summed E-state index contributed by atoms with van der Waals surface area (Å²) in [5.74, 6) is 0.393. The number of rotatable bonds is 5. The van der Waals surface area contributed by atoms with Gasteiger partial charge in [0.25, 0.3) is 0 Å². The number of allylic oxidation sites excluding steroid dienone is 2. The first-order chi connectivity index (χ1) is 14.7. The average molecular weight is 428 g/mol. The Balaban J connectivity index is 1.60. The van der Waals surface area contributed by atoms with Crippen molar-refractivity contribution in [1.29, 1.82) is 0 Å². The molecule has 2 aliphatic rings. The zero-order valence-corrected chi connectivity index (χ0v) is 19.6. The molecular weight excluding hydrogens is 390 g/mol. The van der Waals surface area contributed by atoms with Crippen molar-refractivity contribution in [2.45, 2.75) is 46.6 Å². The van der Waals surface area contributed by atoms with E-state index in [4.69, 9.17) is 4.74 Å². The summed E-state index contributed by atoms with van der Waals surface area (Å²) in [6, 6.07) is 8.08. The fraction of sp³-hybridized carbons (Fsp3) is 0.600. The quantitative estimate of drug-likeness (QED) is 0.731. The highest BCUT2D eigenvalue weighted by molar-refractivity contribution is 5.88. The van der Waals surface area contributed by atoms with Crippen molar-refractivity contribution in [2.75, 3.05) is 38.2 Å². The van der Waals surface area contributed by atoms with E-state index in [-0.39, 0.29) is 35.1 Å². The smallest absolute Gasteiger partial charge is 0.226 e. The van der Waals surface area contributed by atoms with Gasteiger partial charge in [-0.3, -0.25) is 9.59 Å². The van der Waals surface area contributed by atoms with Crippen LogP contribution in [0.25, 0.3) is 0 Å². The molecule has 2 amide bonds. The van der Waals surface area contributed by atoms with Crippen molar-refractivity contribution in [1.82, 2.24) is 10.2 Å². The normalized spacial score (nSPS) is 22.7. The highest BCUT2D eigenvalue weighted by atomic mass is 16.5. The van der Waals surface area contributed by atoms with Crippen LogP contribution in [-0.2, 0) is 9.59 Å². The first-order valence-corrected chi connectivity index (χ1v) is 11.3. The van der Waals surface area contributed by atoms with Crippen LogP contribution < -0.4 is 15.0 Å². The second kappa shape index (κ2) is 9.75. The second-order valence-electron chi connectivity index (χ2n) is 9.76. The maximum absolute atomic E-state index is 13.4. The molecule has 1 N–H and O–H groups in total. The summed E-state index contributed by atoms with van der Waals surface area (Å²) < 4.78 is 5.23. The largest absolute Gasteiger partial charge is 0.497 e. The molecule has 3 rings (SSSR count). The third-order valence-corrected chi connectivity index (χ3v) is 6.77. The highest BCUT2D eigenvalue weighted by Gasteiger charge is 2.38. The van der Waals surface area contributed by atoms with Gasteiger partial charge in [0.1, 0.15) is 5.75 Å². The maximum atomic E-state index is 13.4. The van der Waals surface area contributed by atoms with Crippen LogP contribution >= 0.6 is 0 Å². The summed E-state index contributed by atoms with van der Waals surface area (Å²) in [5.41, 5.74) is 1.12. The van der Waals surface area contributed by atoms with Crippen molar-refractivity contribution in [3.8, 4) is 5.75 Å². The maximum Gasteiger partial charge on any atom is 0.226 e. The number of carbonyl (C=O) groups excluding carboxylic acids is 2. The first-order valence-electron chi connectivity index (χ1n) is 11.3. The number of piperazine rings is 1. The molecule has 1 fully saturated rings. The lowest BCUT2D eigenvalue weighted by Gasteiger charge is -2.39. The summed E-state index contributed by atoms with van der Waals surface area (Å²) in [6.45, 7) is 11.3. The predicted octanol–water partition coefficient (Wildman–Crippen LogP) is 3.48. The molecule has 1 aliphatic carbocycles. The minimum absolute atomic E-state index is 0.00185. The van der Waals surface area contributed by atoms with Gasteiger partial charge in [0.05, 0.1) is 18.9 Å². The van der Waals surface area contributed by atoms with Gasteiger partial charge >= 0.3 is 0 Å². The number of methoxy groups -OCH3 is 1. The third kappa shape index (κ3) is 5.60. The molecular formula is C25H37N3O3.